The topological polar surface area (TPSA) is 35.2 Å². The molecule has 0 amide bonds. The fourth-order valence-electron chi connectivity index (χ4n) is 1.73. The summed E-state index contributed by atoms with van der Waals surface area (Å²) >= 11 is 1.87. The lowest BCUT2D eigenvalue weighted by Crippen LogP contribution is -1.93. The highest BCUT2D eigenvalue weighted by Crippen LogP contribution is 2.26. The summed E-state index contributed by atoms with van der Waals surface area (Å²) in [6, 6.07) is 16.3. The predicted octanol–water partition coefficient (Wildman–Crippen LogP) is 3.71. The van der Waals surface area contributed by atoms with Gasteiger partial charge in [-0.15, -0.1) is 0 Å². The number of benzene rings is 2. The Morgan fingerprint density at radius 3 is 2.56 bits per heavy atom. The monoisotopic (exact) mass is 259 g/mol. The third-order valence-corrected chi connectivity index (χ3v) is 3.73. The molecule has 0 aliphatic rings. The van der Waals surface area contributed by atoms with Crippen molar-refractivity contribution in [1.29, 1.82) is 0 Å². The fourth-order valence-corrected chi connectivity index (χ4v) is 2.72. The maximum Gasteiger partial charge on any atom is 0.124 e. The van der Waals surface area contributed by atoms with Gasteiger partial charge in [0.05, 0.1) is 7.11 Å². The molecule has 2 N–H and O–H groups in total. The molecule has 0 aliphatic carbocycles. The van der Waals surface area contributed by atoms with Gasteiger partial charge in [0.15, 0.2) is 0 Å². The molecule has 0 unspecified atom stereocenters. The quantitative estimate of drug-likeness (QED) is 0.831. The first-order valence-electron chi connectivity index (χ1n) is 5.83. The summed E-state index contributed by atoms with van der Waals surface area (Å²) in [5.74, 6) is 2.81. The van der Waals surface area contributed by atoms with Gasteiger partial charge < -0.3 is 10.5 Å². The van der Waals surface area contributed by atoms with Crippen molar-refractivity contribution in [2.45, 2.75) is 11.5 Å². The van der Waals surface area contributed by atoms with Crippen molar-refractivity contribution in [3.05, 3.63) is 59.7 Å². The van der Waals surface area contributed by atoms with E-state index in [-0.39, 0.29) is 0 Å². The van der Waals surface area contributed by atoms with E-state index in [4.69, 9.17) is 10.5 Å². The van der Waals surface area contributed by atoms with Crippen LogP contribution in [0.25, 0.3) is 0 Å². The average molecular weight is 259 g/mol. The smallest absolute Gasteiger partial charge is 0.124 e. The molecule has 0 aromatic heterocycles. The molecule has 18 heavy (non-hydrogen) atoms. The highest BCUT2D eigenvalue weighted by atomic mass is 32.2. The van der Waals surface area contributed by atoms with Crippen molar-refractivity contribution >= 4 is 17.4 Å². The van der Waals surface area contributed by atoms with E-state index in [0.29, 0.717) is 0 Å². The van der Waals surface area contributed by atoms with Gasteiger partial charge in [-0.1, -0.05) is 36.4 Å². The molecule has 0 bridgehead atoms. The number of hydrogen-bond acceptors (Lipinski definition) is 3. The van der Waals surface area contributed by atoms with Crippen LogP contribution in [0.2, 0.25) is 0 Å². The maximum absolute atomic E-state index is 5.74. The summed E-state index contributed by atoms with van der Waals surface area (Å²) in [6.45, 7) is 0. The van der Waals surface area contributed by atoms with E-state index in [2.05, 4.69) is 24.3 Å². The number of nitrogen functional groups attached to an aromatic ring is 1. The summed E-state index contributed by atoms with van der Waals surface area (Å²) in [7, 11) is 1.68. The molecular formula is C15H17NOS. The van der Waals surface area contributed by atoms with Crippen molar-refractivity contribution in [2.24, 2.45) is 0 Å². The zero-order valence-electron chi connectivity index (χ0n) is 10.4. The summed E-state index contributed by atoms with van der Waals surface area (Å²) in [4.78, 5) is 0. The van der Waals surface area contributed by atoms with Crippen LogP contribution in [0, 0.1) is 0 Å². The molecule has 0 saturated heterocycles. The van der Waals surface area contributed by atoms with Crippen LogP contribution in [0.5, 0.6) is 5.75 Å². The molecule has 0 heterocycles. The molecule has 0 fully saturated rings. The van der Waals surface area contributed by atoms with Crippen molar-refractivity contribution in [2.75, 3.05) is 12.8 Å². The van der Waals surface area contributed by atoms with Crippen molar-refractivity contribution in [3.63, 3.8) is 0 Å². The van der Waals surface area contributed by atoms with Crippen LogP contribution >= 0.6 is 11.8 Å². The standard InChI is InChI=1S/C15H17NOS/c1-17-15-9-14(16)8-7-13(15)11-18-10-12-5-3-2-4-6-12/h2-9H,10-11,16H2,1H3. The van der Waals surface area contributed by atoms with Gasteiger partial charge in [0.1, 0.15) is 5.75 Å². The first-order chi connectivity index (χ1) is 8.79. The predicted molar refractivity (Wildman–Crippen MR) is 78.8 cm³/mol. The molecule has 3 heteroatoms. The molecule has 0 saturated carbocycles. The minimum absolute atomic E-state index is 0.739. The van der Waals surface area contributed by atoms with E-state index < -0.39 is 0 Å². The highest BCUT2D eigenvalue weighted by molar-refractivity contribution is 7.97. The lowest BCUT2D eigenvalue weighted by atomic mass is 10.2. The van der Waals surface area contributed by atoms with Crippen LogP contribution in [0.1, 0.15) is 11.1 Å². The Bertz CT molecular complexity index is 499. The first-order valence-corrected chi connectivity index (χ1v) is 6.99. The van der Waals surface area contributed by atoms with Gasteiger partial charge in [-0.2, -0.15) is 11.8 Å². The number of rotatable bonds is 5. The van der Waals surface area contributed by atoms with Gasteiger partial charge in [-0.05, 0) is 11.6 Å². The van der Waals surface area contributed by atoms with E-state index in [1.165, 1.54) is 11.1 Å². The molecule has 2 rings (SSSR count). The van der Waals surface area contributed by atoms with Crippen molar-refractivity contribution in [1.82, 2.24) is 0 Å². The molecule has 2 aromatic rings. The molecule has 0 atom stereocenters. The number of anilines is 1. The van der Waals surface area contributed by atoms with E-state index in [1.807, 2.05) is 36.0 Å². The van der Waals surface area contributed by atoms with Gasteiger partial charge in [0.25, 0.3) is 0 Å². The lowest BCUT2D eigenvalue weighted by molar-refractivity contribution is 0.411. The normalized spacial score (nSPS) is 10.3. The number of hydrogen-bond donors (Lipinski definition) is 1. The van der Waals surface area contributed by atoms with Crippen molar-refractivity contribution in [3.8, 4) is 5.75 Å². The minimum Gasteiger partial charge on any atom is -0.496 e. The number of thioether (sulfide) groups is 1. The van der Waals surface area contributed by atoms with Crippen LogP contribution in [0.4, 0.5) is 5.69 Å². The average Bonchev–Trinajstić information content (AvgIpc) is 2.41. The minimum atomic E-state index is 0.739. The summed E-state index contributed by atoms with van der Waals surface area (Å²) < 4.78 is 5.34. The zero-order chi connectivity index (χ0) is 12.8. The highest BCUT2D eigenvalue weighted by Gasteiger charge is 2.03. The van der Waals surface area contributed by atoms with Gasteiger partial charge in [0, 0.05) is 28.8 Å². The van der Waals surface area contributed by atoms with Crippen LogP contribution in [0.3, 0.4) is 0 Å². The Labute approximate surface area is 112 Å². The largest absolute Gasteiger partial charge is 0.496 e. The van der Waals surface area contributed by atoms with E-state index in [1.54, 1.807) is 7.11 Å². The second kappa shape index (κ2) is 6.36. The number of methoxy groups -OCH3 is 1. The SMILES string of the molecule is COc1cc(N)ccc1CSCc1ccccc1. The van der Waals surface area contributed by atoms with Gasteiger partial charge in [-0.3, -0.25) is 0 Å². The third-order valence-electron chi connectivity index (χ3n) is 2.68. The summed E-state index contributed by atoms with van der Waals surface area (Å²) in [6.07, 6.45) is 0. The first kappa shape index (κ1) is 12.8. The second-order valence-corrected chi connectivity index (χ2v) is 5.04. The third kappa shape index (κ3) is 3.44. The Morgan fingerprint density at radius 2 is 1.83 bits per heavy atom. The number of ether oxygens (including phenoxy) is 1. The summed E-state index contributed by atoms with van der Waals surface area (Å²) in [5.41, 5.74) is 9.01. The van der Waals surface area contributed by atoms with E-state index >= 15 is 0 Å². The Balaban J connectivity index is 1.94. The van der Waals surface area contributed by atoms with E-state index in [0.717, 1.165) is 22.9 Å². The van der Waals surface area contributed by atoms with Crippen LogP contribution in [0.15, 0.2) is 48.5 Å². The molecule has 0 spiro atoms. The van der Waals surface area contributed by atoms with Crippen molar-refractivity contribution < 1.29 is 4.74 Å². The van der Waals surface area contributed by atoms with Crippen LogP contribution < -0.4 is 10.5 Å². The Hall–Kier alpha value is -1.61. The van der Waals surface area contributed by atoms with Gasteiger partial charge in [-0.25, -0.2) is 0 Å². The van der Waals surface area contributed by atoms with Gasteiger partial charge in [0.2, 0.25) is 0 Å². The lowest BCUT2D eigenvalue weighted by Gasteiger charge is -2.09. The molecular weight excluding hydrogens is 242 g/mol. The summed E-state index contributed by atoms with van der Waals surface area (Å²) in [5, 5.41) is 0. The molecule has 2 nitrogen and oxygen atoms in total. The molecule has 94 valence electrons. The van der Waals surface area contributed by atoms with Crippen LogP contribution in [-0.2, 0) is 11.5 Å². The van der Waals surface area contributed by atoms with E-state index in [9.17, 15) is 0 Å². The Morgan fingerprint density at radius 1 is 1.06 bits per heavy atom. The van der Waals surface area contributed by atoms with Crippen LogP contribution in [-0.4, -0.2) is 7.11 Å². The fraction of sp³-hybridized carbons (Fsp3) is 0.200. The molecule has 0 aliphatic heterocycles. The van der Waals surface area contributed by atoms with Gasteiger partial charge >= 0.3 is 0 Å². The Kier molecular flexibility index (Phi) is 4.53. The molecule has 2 aromatic carbocycles. The second-order valence-electron chi connectivity index (χ2n) is 4.05. The number of nitrogens with two attached hydrogens (primary N) is 1. The zero-order valence-corrected chi connectivity index (χ0v) is 11.2. The molecule has 0 radical (unpaired) electrons. The maximum atomic E-state index is 5.74.